The van der Waals surface area contributed by atoms with Crippen LogP contribution in [-0.2, 0) is 4.79 Å². The van der Waals surface area contributed by atoms with Crippen molar-refractivity contribution in [2.75, 3.05) is 7.11 Å². The van der Waals surface area contributed by atoms with E-state index in [0.29, 0.717) is 0 Å². The van der Waals surface area contributed by atoms with E-state index >= 15 is 0 Å². The number of ether oxygens (including phenoxy) is 1. The lowest BCUT2D eigenvalue weighted by Crippen LogP contribution is -2.35. The van der Waals surface area contributed by atoms with E-state index in [1.54, 1.807) is 0 Å². The monoisotopic (exact) mass is 310 g/mol. The summed E-state index contributed by atoms with van der Waals surface area (Å²) < 4.78 is 31.2. The first-order valence-electron chi connectivity index (χ1n) is 4.43. The lowest BCUT2D eigenvalue weighted by molar-refractivity contribution is -0.183. The van der Waals surface area contributed by atoms with Crippen molar-refractivity contribution in [3.05, 3.63) is 28.2 Å². The SMILES string of the molecule is COc1ccc(Br)c(C(O)C(F)(F)C(=O)O)c1. The minimum Gasteiger partial charge on any atom is -0.497 e. The van der Waals surface area contributed by atoms with E-state index < -0.39 is 18.0 Å². The van der Waals surface area contributed by atoms with E-state index in [4.69, 9.17) is 9.84 Å². The van der Waals surface area contributed by atoms with Crippen LogP contribution in [0, 0.1) is 0 Å². The Kier molecular flexibility index (Phi) is 4.05. The summed E-state index contributed by atoms with van der Waals surface area (Å²) in [5, 5.41) is 17.7. The van der Waals surface area contributed by atoms with Crippen LogP contribution in [0.15, 0.2) is 22.7 Å². The minimum atomic E-state index is -4.27. The fourth-order valence-corrected chi connectivity index (χ4v) is 1.63. The molecule has 4 nitrogen and oxygen atoms in total. The van der Waals surface area contributed by atoms with Crippen molar-refractivity contribution in [1.29, 1.82) is 0 Å². The third kappa shape index (κ3) is 2.73. The third-order valence-corrected chi connectivity index (χ3v) is 2.85. The number of hydrogen-bond donors (Lipinski definition) is 2. The van der Waals surface area contributed by atoms with Crippen molar-refractivity contribution in [2.45, 2.75) is 12.0 Å². The van der Waals surface area contributed by atoms with Gasteiger partial charge in [0, 0.05) is 10.0 Å². The van der Waals surface area contributed by atoms with E-state index in [1.807, 2.05) is 0 Å². The van der Waals surface area contributed by atoms with Crippen LogP contribution in [0.1, 0.15) is 11.7 Å². The van der Waals surface area contributed by atoms with Crippen molar-refractivity contribution in [3.63, 3.8) is 0 Å². The zero-order valence-electron chi connectivity index (χ0n) is 8.65. The first kappa shape index (κ1) is 13.9. The Bertz CT molecular complexity index is 436. The number of halogens is 3. The van der Waals surface area contributed by atoms with Crippen molar-refractivity contribution >= 4 is 21.9 Å². The van der Waals surface area contributed by atoms with Gasteiger partial charge >= 0.3 is 11.9 Å². The fourth-order valence-electron chi connectivity index (χ4n) is 1.17. The Morgan fingerprint density at radius 3 is 2.59 bits per heavy atom. The van der Waals surface area contributed by atoms with Gasteiger partial charge in [-0.25, -0.2) is 4.79 Å². The highest BCUT2D eigenvalue weighted by molar-refractivity contribution is 9.10. The van der Waals surface area contributed by atoms with Gasteiger partial charge < -0.3 is 14.9 Å². The Balaban J connectivity index is 3.19. The predicted octanol–water partition coefficient (Wildman–Crippen LogP) is 2.21. The molecular formula is C10H9BrF2O4. The van der Waals surface area contributed by atoms with Crippen molar-refractivity contribution < 1.29 is 28.5 Å². The molecule has 0 heterocycles. The van der Waals surface area contributed by atoms with Gasteiger partial charge in [0.2, 0.25) is 0 Å². The predicted molar refractivity (Wildman–Crippen MR) is 58.2 cm³/mol. The van der Waals surface area contributed by atoms with Gasteiger partial charge in [-0.05, 0) is 18.2 Å². The van der Waals surface area contributed by atoms with Crippen LogP contribution in [-0.4, -0.2) is 29.2 Å². The Labute approximate surface area is 104 Å². The summed E-state index contributed by atoms with van der Waals surface area (Å²) >= 11 is 2.96. The van der Waals surface area contributed by atoms with Crippen LogP contribution in [0.25, 0.3) is 0 Å². The minimum absolute atomic E-state index is 0.173. The normalized spacial score (nSPS) is 13.2. The number of aliphatic hydroxyl groups excluding tert-OH is 1. The van der Waals surface area contributed by atoms with Gasteiger partial charge in [0.05, 0.1) is 7.11 Å². The van der Waals surface area contributed by atoms with Gasteiger partial charge in [-0.2, -0.15) is 8.78 Å². The average Bonchev–Trinajstić information content (AvgIpc) is 2.28. The molecule has 0 bridgehead atoms. The summed E-state index contributed by atoms with van der Waals surface area (Å²) in [5.41, 5.74) is -0.253. The lowest BCUT2D eigenvalue weighted by Gasteiger charge is -2.20. The van der Waals surface area contributed by atoms with Crippen LogP contribution >= 0.6 is 15.9 Å². The number of aliphatic hydroxyl groups is 1. The molecule has 17 heavy (non-hydrogen) atoms. The largest absolute Gasteiger partial charge is 0.497 e. The molecule has 0 saturated carbocycles. The van der Waals surface area contributed by atoms with Crippen LogP contribution in [0.3, 0.4) is 0 Å². The standard InChI is InChI=1S/C10H9BrF2O4/c1-17-5-2-3-7(11)6(4-5)8(14)10(12,13)9(15)16/h2-4,8,14H,1H3,(H,15,16). The molecular weight excluding hydrogens is 302 g/mol. The molecule has 0 aliphatic heterocycles. The van der Waals surface area contributed by atoms with Crippen molar-refractivity contribution in [2.24, 2.45) is 0 Å². The highest BCUT2D eigenvalue weighted by atomic mass is 79.9. The molecule has 1 aromatic rings. The first-order valence-corrected chi connectivity index (χ1v) is 5.22. The number of carboxylic acid groups (broad SMARTS) is 1. The summed E-state index contributed by atoms with van der Waals surface area (Å²) in [6.45, 7) is 0. The highest BCUT2D eigenvalue weighted by Gasteiger charge is 2.48. The van der Waals surface area contributed by atoms with E-state index in [2.05, 4.69) is 15.9 Å². The summed E-state index contributed by atoms with van der Waals surface area (Å²) in [4.78, 5) is 10.3. The molecule has 1 rings (SSSR count). The van der Waals surface area contributed by atoms with Crippen LogP contribution in [0.4, 0.5) is 8.78 Å². The van der Waals surface area contributed by atoms with Gasteiger partial charge in [-0.3, -0.25) is 0 Å². The van der Waals surface area contributed by atoms with Gasteiger partial charge in [-0.15, -0.1) is 0 Å². The maximum absolute atomic E-state index is 13.1. The summed E-state index contributed by atoms with van der Waals surface area (Å²) in [6, 6.07) is 4.01. The molecule has 0 radical (unpaired) electrons. The number of carbonyl (C=O) groups is 1. The zero-order chi connectivity index (χ0) is 13.2. The molecule has 0 amide bonds. The fraction of sp³-hybridized carbons (Fsp3) is 0.300. The van der Waals surface area contributed by atoms with Gasteiger partial charge in [0.25, 0.3) is 0 Å². The number of hydrogen-bond acceptors (Lipinski definition) is 3. The second-order valence-corrected chi connectivity index (χ2v) is 4.07. The molecule has 94 valence electrons. The summed E-state index contributed by atoms with van der Waals surface area (Å²) in [5.74, 6) is -6.42. The molecule has 1 aromatic carbocycles. The molecule has 1 atom stereocenters. The Morgan fingerprint density at radius 1 is 1.53 bits per heavy atom. The molecule has 1 unspecified atom stereocenters. The maximum Gasteiger partial charge on any atom is 0.377 e. The summed E-state index contributed by atoms with van der Waals surface area (Å²) in [6.07, 6.45) is -2.45. The number of rotatable bonds is 4. The van der Waals surface area contributed by atoms with Crippen molar-refractivity contribution in [1.82, 2.24) is 0 Å². The van der Waals surface area contributed by atoms with E-state index in [1.165, 1.54) is 19.2 Å². The molecule has 0 aromatic heterocycles. The molecule has 0 aliphatic rings. The first-order chi connectivity index (χ1) is 7.80. The molecule has 0 fully saturated rings. The molecule has 0 aliphatic carbocycles. The van der Waals surface area contributed by atoms with Crippen LogP contribution in [0.2, 0.25) is 0 Å². The quantitative estimate of drug-likeness (QED) is 0.895. The Hall–Kier alpha value is -1.21. The molecule has 0 saturated heterocycles. The number of benzene rings is 1. The number of aliphatic carboxylic acids is 1. The van der Waals surface area contributed by atoms with E-state index in [-0.39, 0.29) is 15.8 Å². The highest BCUT2D eigenvalue weighted by Crippen LogP contribution is 2.37. The zero-order valence-corrected chi connectivity index (χ0v) is 10.2. The van der Waals surface area contributed by atoms with Crippen molar-refractivity contribution in [3.8, 4) is 5.75 Å². The second-order valence-electron chi connectivity index (χ2n) is 3.22. The molecule has 0 spiro atoms. The van der Waals surface area contributed by atoms with Gasteiger partial charge in [-0.1, -0.05) is 15.9 Å². The van der Waals surface area contributed by atoms with Crippen LogP contribution < -0.4 is 4.74 Å². The van der Waals surface area contributed by atoms with Crippen LogP contribution in [0.5, 0.6) is 5.75 Å². The smallest absolute Gasteiger partial charge is 0.377 e. The third-order valence-electron chi connectivity index (χ3n) is 2.13. The maximum atomic E-state index is 13.1. The van der Waals surface area contributed by atoms with Gasteiger partial charge in [0.15, 0.2) is 6.10 Å². The lowest BCUT2D eigenvalue weighted by atomic mass is 10.0. The number of methoxy groups -OCH3 is 1. The topological polar surface area (TPSA) is 66.8 Å². The Morgan fingerprint density at radius 2 is 2.12 bits per heavy atom. The average molecular weight is 311 g/mol. The molecule has 7 heteroatoms. The second kappa shape index (κ2) is 4.97. The number of alkyl halides is 2. The molecule has 2 N–H and O–H groups in total. The number of carboxylic acids is 1. The van der Waals surface area contributed by atoms with E-state index in [9.17, 15) is 18.7 Å². The van der Waals surface area contributed by atoms with E-state index in [0.717, 1.165) is 6.07 Å². The van der Waals surface area contributed by atoms with Gasteiger partial charge in [0.1, 0.15) is 5.75 Å². The summed E-state index contributed by atoms with van der Waals surface area (Å²) in [7, 11) is 1.33.